The van der Waals surface area contributed by atoms with Crippen LogP contribution in [0.3, 0.4) is 0 Å². The molecule has 18 heavy (non-hydrogen) atoms. The number of rotatable bonds is 8. The normalized spacial score (nSPS) is 10.1. The van der Waals surface area contributed by atoms with Gasteiger partial charge in [0.1, 0.15) is 5.75 Å². The summed E-state index contributed by atoms with van der Waals surface area (Å²) in [6.07, 6.45) is 2.27. The first kappa shape index (κ1) is 14.5. The summed E-state index contributed by atoms with van der Waals surface area (Å²) in [5.74, 6) is 0.733. The molecule has 4 nitrogen and oxygen atoms in total. The summed E-state index contributed by atoms with van der Waals surface area (Å²) in [5.41, 5.74) is 1.27. The molecule has 0 unspecified atom stereocenters. The van der Waals surface area contributed by atoms with E-state index in [0.29, 0.717) is 6.42 Å². The summed E-state index contributed by atoms with van der Waals surface area (Å²) in [6, 6.07) is 8.06. The Bertz CT molecular complexity index is 349. The molecule has 1 aromatic carbocycles. The van der Waals surface area contributed by atoms with Gasteiger partial charge < -0.3 is 14.8 Å². The van der Waals surface area contributed by atoms with Crippen molar-refractivity contribution >= 4 is 5.97 Å². The molecule has 0 heterocycles. The number of carbonyl (C=O) groups excluding carboxylic acids is 1. The van der Waals surface area contributed by atoms with Crippen LogP contribution >= 0.6 is 0 Å². The minimum atomic E-state index is -0.146. The van der Waals surface area contributed by atoms with Crippen LogP contribution in [0.25, 0.3) is 0 Å². The topological polar surface area (TPSA) is 47.6 Å². The first-order chi connectivity index (χ1) is 8.76. The lowest BCUT2D eigenvalue weighted by Crippen LogP contribution is -2.19. The van der Waals surface area contributed by atoms with Gasteiger partial charge in [0.2, 0.25) is 0 Å². The maximum absolute atomic E-state index is 10.9. The minimum Gasteiger partial charge on any atom is -0.497 e. The smallest absolute Gasteiger partial charge is 0.305 e. The van der Waals surface area contributed by atoms with Crippen molar-refractivity contribution in [1.82, 2.24) is 5.32 Å². The second kappa shape index (κ2) is 8.53. The number of benzene rings is 1. The lowest BCUT2D eigenvalue weighted by atomic mass is 10.1. The zero-order chi connectivity index (χ0) is 13.2. The van der Waals surface area contributed by atoms with Gasteiger partial charge in [0.05, 0.1) is 14.2 Å². The van der Waals surface area contributed by atoms with Crippen LogP contribution in [-0.2, 0) is 16.0 Å². The molecule has 0 radical (unpaired) electrons. The zero-order valence-corrected chi connectivity index (χ0v) is 11.1. The highest BCUT2D eigenvalue weighted by atomic mass is 16.5. The number of hydrogen-bond acceptors (Lipinski definition) is 4. The standard InChI is InChI=1S/C14H21NO3/c1-17-13-7-5-12(6-8-13)9-11-15-10-3-4-14(16)18-2/h5-8,15H,3-4,9-11H2,1-2H3. The van der Waals surface area contributed by atoms with Crippen molar-refractivity contribution in [3.05, 3.63) is 29.8 Å². The fraction of sp³-hybridized carbons (Fsp3) is 0.500. The van der Waals surface area contributed by atoms with Gasteiger partial charge in [0.25, 0.3) is 0 Å². The van der Waals surface area contributed by atoms with E-state index in [1.807, 2.05) is 12.1 Å². The second-order valence-electron chi connectivity index (χ2n) is 4.03. The number of hydrogen-bond donors (Lipinski definition) is 1. The highest BCUT2D eigenvalue weighted by Gasteiger charge is 1.99. The molecule has 0 aromatic heterocycles. The van der Waals surface area contributed by atoms with Gasteiger partial charge >= 0.3 is 5.97 Å². The molecule has 0 aliphatic carbocycles. The Kier molecular flexibility index (Phi) is 6.87. The van der Waals surface area contributed by atoms with E-state index in [1.54, 1.807) is 7.11 Å². The van der Waals surface area contributed by atoms with E-state index in [0.717, 1.165) is 31.7 Å². The zero-order valence-electron chi connectivity index (χ0n) is 11.1. The quantitative estimate of drug-likeness (QED) is 0.565. The molecule has 0 aliphatic rings. The third kappa shape index (κ3) is 5.68. The Morgan fingerprint density at radius 2 is 1.89 bits per heavy atom. The van der Waals surface area contributed by atoms with Crippen LogP contribution in [-0.4, -0.2) is 33.3 Å². The average molecular weight is 251 g/mol. The summed E-state index contributed by atoms with van der Waals surface area (Å²) in [5, 5.41) is 3.30. The number of ether oxygens (including phenoxy) is 2. The van der Waals surface area contributed by atoms with Gasteiger partial charge in [-0.2, -0.15) is 0 Å². The molecule has 0 spiro atoms. The van der Waals surface area contributed by atoms with Crippen molar-refractivity contribution in [2.24, 2.45) is 0 Å². The first-order valence-electron chi connectivity index (χ1n) is 6.16. The van der Waals surface area contributed by atoms with Crippen molar-refractivity contribution in [1.29, 1.82) is 0 Å². The van der Waals surface area contributed by atoms with Gasteiger partial charge in [-0.25, -0.2) is 0 Å². The third-order valence-corrected chi connectivity index (χ3v) is 2.71. The fourth-order valence-electron chi connectivity index (χ4n) is 1.61. The van der Waals surface area contributed by atoms with Crippen LogP contribution in [0.15, 0.2) is 24.3 Å². The van der Waals surface area contributed by atoms with E-state index in [-0.39, 0.29) is 5.97 Å². The van der Waals surface area contributed by atoms with Crippen molar-refractivity contribution in [2.45, 2.75) is 19.3 Å². The van der Waals surface area contributed by atoms with E-state index >= 15 is 0 Å². The predicted molar refractivity (Wildman–Crippen MR) is 70.8 cm³/mol. The van der Waals surface area contributed by atoms with Crippen LogP contribution in [0.5, 0.6) is 5.75 Å². The molecule has 0 aliphatic heterocycles. The molecule has 0 saturated carbocycles. The molecular weight excluding hydrogens is 230 g/mol. The van der Waals surface area contributed by atoms with Crippen LogP contribution in [0.4, 0.5) is 0 Å². The van der Waals surface area contributed by atoms with Crippen molar-refractivity contribution in [3.63, 3.8) is 0 Å². The maximum atomic E-state index is 10.9. The van der Waals surface area contributed by atoms with E-state index in [4.69, 9.17) is 4.74 Å². The van der Waals surface area contributed by atoms with Crippen molar-refractivity contribution < 1.29 is 14.3 Å². The Morgan fingerprint density at radius 1 is 1.17 bits per heavy atom. The van der Waals surface area contributed by atoms with Crippen LogP contribution in [0, 0.1) is 0 Å². The molecule has 0 amide bonds. The lowest BCUT2D eigenvalue weighted by molar-refractivity contribution is -0.140. The van der Waals surface area contributed by atoms with Crippen LogP contribution < -0.4 is 10.1 Å². The third-order valence-electron chi connectivity index (χ3n) is 2.71. The van der Waals surface area contributed by atoms with Gasteiger partial charge in [0.15, 0.2) is 0 Å². The molecular formula is C14H21NO3. The lowest BCUT2D eigenvalue weighted by Gasteiger charge is -2.05. The summed E-state index contributed by atoms with van der Waals surface area (Å²) < 4.78 is 9.67. The maximum Gasteiger partial charge on any atom is 0.305 e. The Morgan fingerprint density at radius 3 is 2.50 bits per heavy atom. The molecule has 1 rings (SSSR count). The molecule has 0 atom stereocenters. The number of carbonyl (C=O) groups is 1. The molecule has 1 aromatic rings. The van der Waals surface area contributed by atoms with E-state index < -0.39 is 0 Å². The van der Waals surface area contributed by atoms with E-state index in [9.17, 15) is 4.79 Å². The van der Waals surface area contributed by atoms with Gasteiger partial charge in [-0.15, -0.1) is 0 Å². The SMILES string of the molecule is COC(=O)CCCNCCc1ccc(OC)cc1. The second-order valence-corrected chi connectivity index (χ2v) is 4.03. The summed E-state index contributed by atoms with van der Waals surface area (Å²) in [7, 11) is 3.08. The Hall–Kier alpha value is -1.55. The number of methoxy groups -OCH3 is 2. The minimum absolute atomic E-state index is 0.146. The van der Waals surface area contributed by atoms with Gasteiger partial charge in [-0.3, -0.25) is 4.79 Å². The molecule has 0 bridgehead atoms. The van der Waals surface area contributed by atoms with Gasteiger partial charge in [0, 0.05) is 6.42 Å². The largest absolute Gasteiger partial charge is 0.497 e. The van der Waals surface area contributed by atoms with Gasteiger partial charge in [-0.05, 0) is 43.6 Å². The monoisotopic (exact) mass is 251 g/mol. The molecule has 4 heteroatoms. The average Bonchev–Trinajstić information content (AvgIpc) is 2.43. The summed E-state index contributed by atoms with van der Waals surface area (Å²) >= 11 is 0. The highest BCUT2D eigenvalue weighted by molar-refractivity contribution is 5.69. The number of nitrogens with one attached hydrogen (secondary N) is 1. The van der Waals surface area contributed by atoms with Crippen molar-refractivity contribution in [2.75, 3.05) is 27.3 Å². The van der Waals surface area contributed by atoms with Crippen molar-refractivity contribution in [3.8, 4) is 5.75 Å². The van der Waals surface area contributed by atoms with E-state index in [2.05, 4.69) is 22.2 Å². The van der Waals surface area contributed by atoms with Gasteiger partial charge in [-0.1, -0.05) is 12.1 Å². The summed E-state index contributed by atoms with van der Waals surface area (Å²) in [4.78, 5) is 10.9. The predicted octanol–water partition coefficient (Wildman–Crippen LogP) is 1.78. The van der Waals surface area contributed by atoms with E-state index in [1.165, 1.54) is 12.7 Å². The molecule has 0 fully saturated rings. The first-order valence-corrected chi connectivity index (χ1v) is 6.16. The highest BCUT2D eigenvalue weighted by Crippen LogP contribution is 2.11. The molecule has 100 valence electrons. The molecule has 0 saturated heterocycles. The van der Waals surface area contributed by atoms with Crippen LogP contribution in [0.1, 0.15) is 18.4 Å². The van der Waals surface area contributed by atoms with Crippen LogP contribution in [0.2, 0.25) is 0 Å². The number of esters is 1. The Labute approximate surface area is 108 Å². The molecule has 1 N–H and O–H groups in total. The fourth-order valence-corrected chi connectivity index (χ4v) is 1.61. The Balaban J connectivity index is 2.08. The summed E-state index contributed by atoms with van der Waals surface area (Å²) in [6.45, 7) is 1.75.